The molecule has 0 saturated heterocycles. The zero-order valence-electron chi connectivity index (χ0n) is 15.9. The summed E-state index contributed by atoms with van der Waals surface area (Å²) in [5, 5.41) is 11.5. The molecule has 0 aliphatic carbocycles. The number of carboxylic acid groups (broad SMARTS) is 1. The Morgan fingerprint density at radius 3 is 2.48 bits per heavy atom. The molecule has 2 rings (SSSR count). The number of aromatic amines is 1. The normalized spacial score (nSPS) is 10.5. The van der Waals surface area contributed by atoms with Crippen molar-refractivity contribution in [3.63, 3.8) is 0 Å². The molecule has 0 atom stereocenters. The second-order valence-electron chi connectivity index (χ2n) is 6.40. The third kappa shape index (κ3) is 4.75. The van der Waals surface area contributed by atoms with Gasteiger partial charge in [-0.2, -0.15) is 0 Å². The van der Waals surface area contributed by atoms with Crippen molar-refractivity contribution in [3.8, 4) is 5.75 Å². The number of ketones is 1. The monoisotopic (exact) mass is 372 g/mol. The van der Waals surface area contributed by atoms with Crippen LogP contribution in [0.1, 0.15) is 57.9 Å². The molecule has 1 heterocycles. The summed E-state index contributed by atoms with van der Waals surface area (Å²) in [6.45, 7) is 6.63. The van der Waals surface area contributed by atoms with Crippen LogP contribution in [0.5, 0.6) is 5.75 Å². The van der Waals surface area contributed by atoms with E-state index in [0.717, 1.165) is 17.5 Å². The first-order chi connectivity index (χ1) is 12.7. The standard InChI is InChI=1S/C20H24N2O5/c1-5-6-15-18(13(4)23)12(3)21-19(15)20(26)22-16-8-7-14(9-11(16)2)27-10-17(24)25/h7-9,21H,5-6,10H2,1-4H3,(H,22,26)(H,24,25). The van der Waals surface area contributed by atoms with Crippen molar-refractivity contribution in [3.05, 3.63) is 46.3 Å². The van der Waals surface area contributed by atoms with Crippen LogP contribution in [0, 0.1) is 13.8 Å². The number of aliphatic carboxylic acids is 1. The van der Waals surface area contributed by atoms with Crippen LogP contribution in [0.2, 0.25) is 0 Å². The molecule has 0 aliphatic rings. The van der Waals surface area contributed by atoms with Crippen LogP contribution in [0.4, 0.5) is 5.69 Å². The summed E-state index contributed by atoms with van der Waals surface area (Å²) in [5.41, 5.74) is 3.71. The van der Waals surface area contributed by atoms with E-state index in [1.54, 1.807) is 32.0 Å². The molecule has 1 amide bonds. The molecular weight excluding hydrogens is 348 g/mol. The number of hydrogen-bond donors (Lipinski definition) is 3. The molecule has 0 bridgehead atoms. The second-order valence-corrected chi connectivity index (χ2v) is 6.40. The maximum absolute atomic E-state index is 12.8. The number of rotatable bonds is 8. The number of carbonyl (C=O) groups is 3. The van der Waals surface area contributed by atoms with Crippen molar-refractivity contribution in [2.45, 2.75) is 40.5 Å². The average molecular weight is 372 g/mol. The highest BCUT2D eigenvalue weighted by Gasteiger charge is 2.22. The van der Waals surface area contributed by atoms with E-state index in [0.29, 0.717) is 34.8 Å². The summed E-state index contributed by atoms with van der Waals surface area (Å²) in [7, 11) is 0. The largest absolute Gasteiger partial charge is 0.482 e. The van der Waals surface area contributed by atoms with Gasteiger partial charge < -0.3 is 20.1 Å². The first-order valence-corrected chi connectivity index (χ1v) is 8.73. The van der Waals surface area contributed by atoms with E-state index < -0.39 is 12.6 Å². The minimum atomic E-state index is -1.06. The summed E-state index contributed by atoms with van der Waals surface area (Å²) in [6, 6.07) is 4.91. The number of amides is 1. The highest BCUT2D eigenvalue weighted by molar-refractivity contribution is 6.08. The Hall–Kier alpha value is -3.09. The molecule has 1 aromatic carbocycles. The van der Waals surface area contributed by atoms with E-state index in [1.807, 2.05) is 6.92 Å². The zero-order chi connectivity index (χ0) is 20.1. The number of nitrogens with one attached hydrogen (secondary N) is 2. The maximum Gasteiger partial charge on any atom is 0.341 e. The molecule has 7 nitrogen and oxygen atoms in total. The van der Waals surface area contributed by atoms with Gasteiger partial charge in [0, 0.05) is 16.9 Å². The molecule has 2 aromatic rings. The molecule has 0 aliphatic heterocycles. The van der Waals surface area contributed by atoms with Gasteiger partial charge in [-0.15, -0.1) is 0 Å². The van der Waals surface area contributed by atoms with Crippen LogP contribution in [0.25, 0.3) is 0 Å². The summed E-state index contributed by atoms with van der Waals surface area (Å²) in [4.78, 5) is 38.4. The molecule has 7 heteroatoms. The summed E-state index contributed by atoms with van der Waals surface area (Å²) in [6.07, 6.45) is 1.44. The van der Waals surface area contributed by atoms with E-state index in [1.165, 1.54) is 6.92 Å². The van der Waals surface area contributed by atoms with Crippen molar-refractivity contribution in [2.24, 2.45) is 0 Å². The topological polar surface area (TPSA) is 108 Å². The quantitative estimate of drug-likeness (QED) is 0.615. The Balaban J connectivity index is 2.26. The summed E-state index contributed by atoms with van der Waals surface area (Å²) in [5.74, 6) is -1.04. The predicted octanol–water partition coefficient (Wildman–Crippen LogP) is 3.50. The number of ether oxygens (including phenoxy) is 1. The van der Waals surface area contributed by atoms with Gasteiger partial charge in [-0.3, -0.25) is 9.59 Å². The van der Waals surface area contributed by atoms with Gasteiger partial charge in [0.2, 0.25) is 0 Å². The fraction of sp³-hybridized carbons (Fsp3) is 0.350. The molecule has 1 aromatic heterocycles. The van der Waals surface area contributed by atoms with Gasteiger partial charge in [0.1, 0.15) is 11.4 Å². The summed E-state index contributed by atoms with van der Waals surface area (Å²) < 4.78 is 5.13. The fourth-order valence-corrected chi connectivity index (χ4v) is 3.04. The Morgan fingerprint density at radius 1 is 1.22 bits per heavy atom. The number of carboxylic acids is 1. The Morgan fingerprint density at radius 2 is 1.93 bits per heavy atom. The van der Waals surface area contributed by atoms with Crippen molar-refractivity contribution in [1.82, 2.24) is 4.98 Å². The number of H-pyrrole nitrogens is 1. The number of Topliss-reactive ketones (excluding diaryl/α,β-unsaturated/α-hetero) is 1. The maximum atomic E-state index is 12.8. The smallest absolute Gasteiger partial charge is 0.341 e. The highest BCUT2D eigenvalue weighted by Crippen LogP contribution is 2.25. The van der Waals surface area contributed by atoms with Crippen molar-refractivity contribution in [1.29, 1.82) is 0 Å². The van der Waals surface area contributed by atoms with Gasteiger partial charge in [0.15, 0.2) is 12.4 Å². The molecule has 3 N–H and O–H groups in total. The van der Waals surface area contributed by atoms with Gasteiger partial charge in [-0.05, 0) is 56.5 Å². The molecule has 0 fully saturated rings. The van der Waals surface area contributed by atoms with Gasteiger partial charge in [-0.25, -0.2) is 4.79 Å². The van der Waals surface area contributed by atoms with Gasteiger partial charge in [0.05, 0.1) is 0 Å². The number of aryl methyl sites for hydroxylation is 2. The molecule has 0 saturated carbocycles. The second kappa shape index (κ2) is 8.53. The van der Waals surface area contributed by atoms with E-state index in [-0.39, 0.29) is 11.7 Å². The van der Waals surface area contributed by atoms with E-state index in [9.17, 15) is 14.4 Å². The number of hydrogen-bond acceptors (Lipinski definition) is 4. The van der Waals surface area contributed by atoms with E-state index in [2.05, 4.69) is 10.3 Å². The number of carbonyl (C=O) groups excluding carboxylic acids is 2. The number of aromatic nitrogens is 1. The third-order valence-electron chi connectivity index (χ3n) is 4.18. The highest BCUT2D eigenvalue weighted by atomic mass is 16.5. The lowest BCUT2D eigenvalue weighted by Crippen LogP contribution is -2.16. The molecule has 0 unspecified atom stereocenters. The average Bonchev–Trinajstić information content (AvgIpc) is 2.92. The van der Waals surface area contributed by atoms with Crippen molar-refractivity contribution < 1.29 is 24.2 Å². The SMILES string of the molecule is CCCc1c(C(=O)Nc2ccc(OCC(=O)O)cc2C)[nH]c(C)c1C(C)=O. The molecular formula is C20H24N2O5. The molecule has 144 valence electrons. The predicted molar refractivity (Wildman–Crippen MR) is 102 cm³/mol. The summed E-state index contributed by atoms with van der Waals surface area (Å²) >= 11 is 0. The lowest BCUT2D eigenvalue weighted by molar-refractivity contribution is -0.139. The Kier molecular flexibility index (Phi) is 6.39. The van der Waals surface area contributed by atoms with Crippen LogP contribution in [0.3, 0.4) is 0 Å². The van der Waals surface area contributed by atoms with Crippen molar-refractivity contribution in [2.75, 3.05) is 11.9 Å². The van der Waals surface area contributed by atoms with Crippen LogP contribution < -0.4 is 10.1 Å². The van der Waals surface area contributed by atoms with Crippen LogP contribution in [-0.4, -0.2) is 34.4 Å². The zero-order valence-corrected chi connectivity index (χ0v) is 15.9. The molecule has 27 heavy (non-hydrogen) atoms. The Labute approximate surface area is 157 Å². The fourth-order valence-electron chi connectivity index (χ4n) is 3.04. The minimum absolute atomic E-state index is 0.0673. The van der Waals surface area contributed by atoms with E-state index in [4.69, 9.17) is 9.84 Å². The first kappa shape index (κ1) is 20.2. The van der Waals surface area contributed by atoms with Gasteiger partial charge in [0.25, 0.3) is 5.91 Å². The Bertz CT molecular complexity index is 883. The van der Waals surface area contributed by atoms with Crippen LogP contribution >= 0.6 is 0 Å². The molecule has 0 spiro atoms. The first-order valence-electron chi connectivity index (χ1n) is 8.73. The third-order valence-corrected chi connectivity index (χ3v) is 4.18. The van der Waals surface area contributed by atoms with Crippen LogP contribution in [-0.2, 0) is 11.2 Å². The number of anilines is 1. The van der Waals surface area contributed by atoms with Gasteiger partial charge in [-0.1, -0.05) is 13.3 Å². The van der Waals surface area contributed by atoms with Crippen LogP contribution in [0.15, 0.2) is 18.2 Å². The number of benzene rings is 1. The van der Waals surface area contributed by atoms with E-state index >= 15 is 0 Å². The lowest BCUT2D eigenvalue weighted by atomic mass is 10.0. The lowest BCUT2D eigenvalue weighted by Gasteiger charge is -2.11. The van der Waals surface area contributed by atoms with Gasteiger partial charge >= 0.3 is 5.97 Å². The molecule has 0 radical (unpaired) electrons. The minimum Gasteiger partial charge on any atom is -0.482 e. The van der Waals surface area contributed by atoms with Crippen molar-refractivity contribution >= 4 is 23.3 Å².